The molecule has 2 aromatic carbocycles. The van der Waals surface area contributed by atoms with Crippen molar-refractivity contribution in [1.29, 1.82) is 0 Å². The van der Waals surface area contributed by atoms with Crippen LogP contribution in [0.25, 0.3) is 0 Å². The number of hydrogen-bond donors (Lipinski definition) is 2. The van der Waals surface area contributed by atoms with Crippen LogP contribution >= 0.6 is 0 Å². The van der Waals surface area contributed by atoms with Gasteiger partial charge in [0.25, 0.3) is 0 Å². The van der Waals surface area contributed by atoms with Gasteiger partial charge in [0.2, 0.25) is 0 Å². The highest BCUT2D eigenvalue weighted by Crippen LogP contribution is 2.29. The summed E-state index contributed by atoms with van der Waals surface area (Å²) in [4.78, 5) is 0. The third-order valence-electron chi connectivity index (χ3n) is 3.64. The number of benzene rings is 2. The van der Waals surface area contributed by atoms with Crippen molar-refractivity contribution < 1.29 is 14.6 Å². The van der Waals surface area contributed by atoms with Gasteiger partial charge < -0.3 is 19.9 Å². The topological polar surface area (TPSA) is 50.7 Å². The molecule has 0 amide bonds. The minimum atomic E-state index is 0.254. The van der Waals surface area contributed by atoms with Crippen molar-refractivity contribution in [2.24, 2.45) is 0 Å². The Morgan fingerprint density at radius 3 is 2.50 bits per heavy atom. The standard InChI is InChI=1S/C20H27NO3/c1-2-23-20-14-18(15-21-12-6-7-13-22)10-11-19(20)24-16-17-8-4-3-5-9-17/h3-5,8-11,14,21-22H,2,6-7,12-13,15-16H2,1H3. The summed E-state index contributed by atoms with van der Waals surface area (Å²) in [6.45, 7) is 5.04. The number of unbranched alkanes of at least 4 members (excludes halogenated alkanes) is 1. The van der Waals surface area contributed by atoms with Gasteiger partial charge in [-0.2, -0.15) is 0 Å². The van der Waals surface area contributed by atoms with Crippen LogP contribution in [0.1, 0.15) is 30.9 Å². The maximum atomic E-state index is 8.78. The fourth-order valence-corrected chi connectivity index (χ4v) is 2.38. The van der Waals surface area contributed by atoms with Gasteiger partial charge in [-0.25, -0.2) is 0 Å². The molecule has 0 unspecified atom stereocenters. The molecule has 0 aromatic heterocycles. The molecule has 0 spiro atoms. The molecule has 2 aromatic rings. The average molecular weight is 329 g/mol. The zero-order valence-electron chi connectivity index (χ0n) is 14.3. The predicted molar refractivity (Wildman–Crippen MR) is 96.4 cm³/mol. The van der Waals surface area contributed by atoms with Gasteiger partial charge in [0.1, 0.15) is 6.61 Å². The molecule has 0 saturated carbocycles. The van der Waals surface area contributed by atoms with Crippen molar-refractivity contribution in [3.05, 3.63) is 59.7 Å². The Labute approximate surface area is 144 Å². The zero-order chi connectivity index (χ0) is 17.0. The Balaban J connectivity index is 1.92. The van der Waals surface area contributed by atoms with Crippen LogP contribution in [0.2, 0.25) is 0 Å². The predicted octanol–water partition coefficient (Wildman–Crippen LogP) is 3.53. The molecular formula is C20H27NO3. The molecule has 0 bridgehead atoms. The number of hydrogen-bond acceptors (Lipinski definition) is 4. The van der Waals surface area contributed by atoms with Crippen LogP contribution in [-0.4, -0.2) is 24.9 Å². The molecule has 0 aliphatic carbocycles. The maximum Gasteiger partial charge on any atom is 0.161 e. The molecule has 0 fully saturated rings. The van der Waals surface area contributed by atoms with Crippen molar-refractivity contribution in [3.8, 4) is 11.5 Å². The number of aliphatic hydroxyl groups is 1. The van der Waals surface area contributed by atoms with E-state index in [1.54, 1.807) is 0 Å². The Morgan fingerprint density at radius 1 is 0.917 bits per heavy atom. The number of aliphatic hydroxyl groups excluding tert-OH is 1. The lowest BCUT2D eigenvalue weighted by atomic mass is 10.2. The summed E-state index contributed by atoms with van der Waals surface area (Å²) in [6, 6.07) is 16.2. The van der Waals surface area contributed by atoms with Crippen LogP contribution in [0.15, 0.2) is 48.5 Å². The molecule has 0 atom stereocenters. The van der Waals surface area contributed by atoms with Gasteiger partial charge in [0.05, 0.1) is 6.61 Å². The van der Waals surface area contributed by atoms with Gasteiger partial charge in [-0.05, 0) is 49.6 Å². The Kier molecular flexibility index (Phi) is 8.15. The van der Waals surface area contributed by atoms with Crippen LogP contribution in [0, 0.1) is 0 Å². The van der Waals surface area contributed by atoms with Crippen LogP contribution in [0.3, 0.4) is 0 Å². The minimum absolute atomic E-state index is 0.254. The molecule has 2 rings (SSSR count). The molecule has 0 heterocycles. The van der Waals surface area contributed by atoms with Gasteiger partial charge >= 0.3 is 0 Å². The highest BCUT2D eigenvalue weighted by Gasteiger charge is 2.07. The summed E-state index contributed by atoms with van der Waals surface area (Å²) in [5.41, 5.74) is 2.30. The lowest BCUT2D eigenvalue weighted by Crippen LogP contribution is -2.15. The first-order chi connectivity index (χ1) is 11.8. The number of ether oxygens (including phenoxy) is 2. The van der Waals surface area contributed by atoms with Crippen molar-refractivity contribution in [1.82, 2.24) is 5.32 Å². The average Bonchev–Trinajstić information content (AvgIpc) is 2.62. The highest BCUT2D eigenvalue weighted by atomic mass is 16.5. The van der Waals surface area contributed by atoms with E-state index in [4.69, 9.17) is 14.6 Å². The van der Waals surface area contributed by atoms with Crippen LogP contribution in [0.5, 0.6) is 11.5 Å². The van der Waals surface area contributed by atoms with E-state index in [2.05, 4.69) is 11.4 Å². The van der Waals surface area contributed by atoms with E-state index in [-0.39, 0.29) is 6.61 Å². The second kappa shape index (κ2) is 10.7. The summed E-state index contributed by atoms with van der Waals surface area (Å²) >= 11 is 0. The fourth-order valence-electron chi connectivity index (χ4n) is 2.38. The lowest BCUT2D eigenvalue weighted by molar-refractivity contribution is 0.269. The molecule has 0 aliphatic heterocycles. The fraction of sp³-hybridized carbons (Fsp3) is 0.400. The Morgan fingerprint density at radius 2 is 1.75 bits per heavy atom. The SMILES string of the molecule is CCOc1cc(CNCCCCO)ccc1OCc1ccccc1. The van der Waals surface area contributed by atoms with Crippen molar-refractivity contribution >= 4 is 0 Å². The quantitative estimate of drug-likeness (QED) is 0.619. The van der Waals surface area contributed by atoms with Gasteiger partial charge in [-0.15, -0.1) is 0 Å². The third-order valence-corrected chi connectivity index (χ3v) is 3.64. The second-order valence-corrected chi connectivity index (χ2v) is 5.60. The summed E-state index contributed by atoms with van der Waals surface area (Å²) in [7, 11) is 0. The van der Waals surface area contributed by atoms with E-state index in [0.717, 1.165) is 48.6 Å². The van der Waals surface area contributed by atoms with Gasteiger partial charge in [0, 0.05) is 13.2 Å². The molecule has 24 heavy (non-hydrogen) atoms. The van der Waals surface area contributed by atoms with E-state index in [1.807, 2.05) is 49.4 Å². The molecule has 2 N–H and O–H groups in total. The van der Waals surface area contributed by atoms with Crippen molar-refractivity contribution in [2.45, 2.75) is 32.9 Å². The molecule has 4 heteroatoms. The van der Waals surface area contributed by atoms with Crippen molar-refractivity contribution in [2.75, 3.05) is 19.8 Å². The lowest BCUT2D eigenvalue weighted by Gasteiger charge is -2.14. The smallest absolute Gasteiger partial charge is 0.161 e. The minimum Gasteiger partial charge on any atom is -0.490 e. The van der Waals surface area contributed by atoms with Crippen LogP contribution in [0.4, 0.5) is 0 Å². The Hall–Kier alpha value is -2.04. The largest absolute Gasteiger partial charge is 0.490 e. The monoisotopic (exact) mass is 329 g/mol. The summed E-state index contributed by atoms with van der Waals surface area (Å²) < 4.78 is 11.6. The van der Waals surface area contributed by atoms with Crippen molar-refractivity contribution in [3.63, 3.8) is 0 Å². The summed E-state index contributed by atoms with van der Waals surface area (Å²) in [6.07, 6.45) is 1.82. The highest BCUT2D eigenvalue weighted by molar-refractivity contribution is 5.43. The molecule has 0 radical (unpaired) electrons. The van der Waals surface area contributed by atoms with Crippen LogP contribution < -0.4 is 14.8 Å². The van der Waals surface area contributed by atoms with E-state index < -0.39 is 0 Å². The second-order valence-electron chi connectivity index (χ2n) is 5.60. The first-order valence-corrected chi connectivity index (χ1v) is 8.57. The van der Waals surface area contributed by atoms with E-state index in [9.17, 15) is 0 Å². The normalized spacial score (nSPS) is 10.6. The molecule has 0 saturated heterocycles. The van der Waals surface area contributed by atoms with Gasteiger partial charge in [-0.1, -0.05) is 36.4 Å². The Bertz CT molecular complexity index is 587. The summed E-state index contributed by atoms with van der Waals surface area (Å²) in [5, 5.41) is 12.2. The molecule has 0 aliphatic rings. The van der Waals surface area contributed by atoms with Gasteiger partial charge in [0.15, 0.2) is 11.5 Å². The third kappa shape index (κ3) is 6.22. The number of nitrogens with one attached hydrogen (secondary N) is 1. The summed E-state index contributed by atoms with van der Waals surface area (Å²) in [5.74, 6) is 1.55. The number of rotatable bonds is 11. The van der Waals surface area contributed by atoms with E-state index >= 15 is 0 Å². The van der Waals surface area contributed by atoms with E-state index in [0.29, 0.717) is 13.2 Å². The first kappa shape index (κ1) is 18.3. The first-order valence-electron chi connectivity index (χ1n) is 8.57. The maximum absolute atomic E-state index is 8.78. The van der Waals surface area contributed by atoms with E-state index in [1.165, 1.54) is 0 Å². The van der Waals surface area contributed by atoms with Gasteiger partial charge in [-0.3, -0.25) is 0 Å². The molecule has 130 valence electrons. The molecule has 4 nitrogen and oxygen atoms in total. The molecular weight excluding hydrogens is 302 g/mol. The zero-order valence-corrected chi connectivity index (χ0v) is 14.3. The van der Waals surface area contributed by atoms with Crippen LogP contribution in [-0.2, 0) is 13.2 Å².